The van der Waals surface area contributed by atoms with Crippen LogP contribution in [0.2, 0.25) is 0 Å². The van der Waals surface area contributed by atoms with Crippen LogP contribution in [0.25, 0.3) is 0 Å². The Balaban J connectivity index is 2.01. The van der Waals surface area contributed by atoms with Gasteiger partial charge in [0.15, 0.2) is 0 Å². The molecule has 1 atom stereocenters. The summed E-state index contributed by atoms with van der Waals surface area (Å²) >= 11 is 0. The second-order valence-corrected chi connectivity index (χ2v) is 5.57. The van der Waals surface area contributed by atoms with E-state index in [1.807, 2.05) is 0 Å². The molecule has 21 heavy (non-hydrogen) atoms. The van der Waals surface area contributed by atoms with Crippen molar-refractivity contribution in [1.29, 1.82) is 0 Å². The molecule has 1 aliphatic heterocycles. The highest BCUT2D eigenvalue weighted by Crippen LogP contribution is 2.19. The van der Waals surface area contributed by atoms with Crippen LogP contribution in [0.5, 0.6) is 0 Å². The van der Waals surface area contributed by atoms with E-state index < -0.39 is 11.6 Å². The van der Waals surface area contributed by atoms with Gasteiger partial charge in [-0.2, -0.15) is 0 Å². The van der Waals surface area contributed by atoms with Gasteiger partial charge in [-0.25, -0.2) is 8.78 Å². The number of anilines is 1. The molecule has 1 aromatic carbocycles. The monoisotopic (exact) mass is 296 g/mol. The Morgan fingerprint density at radius 2 is 1.62 bits per heavy atom. The van der Waals surface area contributed by atoms with Gasteiger partial charge in [0.25, 0.3) is 0 Å². The Hall–Kier alpha value is -1.49. The van der Waals surface area contributed by atoms with Crippen molar-refractivity contribution in [2.75, 3.05) is 18.4 Å². The summed E-state index contributed by atoms with van der Waals surface area (Å²) in [5, 5.41) is 2.38. The van der Waals surface area contributed by atoms with Gasteiger partial charge >= 0.3 is 0 Å². The number of nitrogens with zero attached hydrogens (tertiary/aromatic N) is 1. The third-order valence-electron chi connectivity index (χ3n) is 4.03. The third-order valence-corrected chi connectivity index (χ3v) is 4.03. The summed E-state index contributed by atoms with van der Waals surface area (Å²) in [4.78, 5) is 14.3. The number of amides is 1. The number of para-hydroxylation sites is 1. The quantitative estimate of drug-likeness (QED) is 0.925. The fraction of sp³-hybridized carbons (Fsp3) is 0.562. The highest BCUT2D eigenvalue weighted by Gasteiger charge is 2.23. The molecule has 1 saturated heterocycles. The van der Waals surface area contributed by atoms with E-state index in [9.17, 15) is 13.6 Å². The first-order chi connectivity index (χ1) is 10.1. The summed E-state index contributed by atoms with van der Waals surface area (Å²) < 4.78 is 27.1. The number of nitrogens with one attached hydrogen (secondary N) is 1. The third kappa shape index (κ3) is 4.24. The minimum Gasteiger partial charge on any atom is -0.320 e. The van der Waals surface area contributed by atoms with Crippen LogP contribution in [0.15, 0.2) is 18.2 Å². The van der Waals surface area contributed by atoms with Crippen LogP contribution in [0.4, 0.5) is 14.5 Å². The SMILES string of the molecule is C[C@H](C(=O)Nc1c(F)cccc1F)N1CCCCCCC1. The Labute approximate surface area is 124 Å². The number of rotatable bonds is 3. The molecule has 1 aliphatic rings. The molecule has 1 amide bonds. The second-order valence-electron chi connectivity index (χ2n) is 5.57. The predicted octanol–water partition coefficient (Wildman–Crippen LogP) is 3.56. The first kappa shape index (κ1) is 15.9. The Bertz CT molecular complexity index is 465. The minimum atomic E-state index is -0.747. The first-order valence-corrected chi connectivity index (χ1v) is 7.58. The highest BCUT2D eigenvalue weighted by molar-refractivity contribution is 5.94. The molecule has 1 N–H and O–H groups in total. The molecule has 0 saturated carbocycles. The van der Waals surface area contributed by atoms with E-state index in [4.69, 9.17) is 0 Å². The molecular weight excluding hydrogens is 274 g/mol. The minimum absolute atomic E-state index is 0.360. The molecule has 1 heterocycles. The summed E-state index contributed by atoms with van der Waals surface area (Å²) in [5.41, 5.74) is -0.360. The number of carbonyl (C=O) groups is 1. The van der Waals surface area contributed by atoms with Gasteiger partial charge in [0, 0.05) is 0 Å². The summed E-state index contributed by atoms with van der Waals surface area (Å²) in [6, 6.07) is 3.17. The smallest absolute Gasteiger partial charge is 0.241 e. The number of benzene rings is 1. The molecule has 0 aromatic heterocycles. The lowest BCUT2D eigenvalue weighted by molar-refractivity contribution is -0.120. The molecular formula is C16H22F2N2O. The van der Waals surface area contributed by atoms with Crippen molar-refractivity contribution in [3.8, 4) is 0 Å². The summed E-state index contributed by atoms with van der Waals surface area (Å²) in [6.07, 6.45) is 5.71. The van der Waals surface area contributed by atoms with Gasteiger partial charge in [-0.3, -0.25) is 9.69 Å². The van der Waals surface area contributed by atoms with Crippen molar-refractivity contribution in [3.05, 3.63) is 29.8 Å². The van der Waals surface area contributed by atoms with Crippen LogP contribution in [-0.4, -0.2) is 29.9 Å². The van der Waals surface area contributed by atoms with Crippen molar-refractivity contribution >= 4 is 11.6 Å². The first-order valence-electron chi connectivity index (χ1n) is 7.58. The highest BCUT2D eigenvalue weighted by atomic mass is 19.1. The molecule has 1 aromatic rings. The average molecular weight is 296 g/mol. The standard InChI is InChI=1S/C16H22F2N2O/c1-12(20-10-5-3-2-4-6-11-20)16(21)19-15-13(17)8-7-9-14(15)18/h7-9,12H,2-6,10-11H2,1H3,(H,19,21)/t12-/m1/s1. The Morgan fingerprint density at radius 3 is 2.19 bits per heavy atom. The van der Waals surface area contributed by atoms with Crippen molar-refractivity contribution in [1.82, 2.24) is 4.90 Å². The molecule has 0 radical (unpaired) electrons. The van der Waals surface area contributed by atoms with E-state index in [1.54, 1.807) is 6.92 Å². The van der Waals surface area contributed by atoms with Gasteiger partial charge in [-0.15, -0.1) is 0 Å². The lowest BCUT2D eigenvalue weighted by Gasteiger charge is -2.29. The van der Waals surface area contributed by atoms with E-state index in [0.29, 0.717) is 0 Å². The van der Waals surface area contributed by atoms with Gasteiger partial charge in [0.1, 0.15) is 17.3 Å². The zero-order valence-corrected chi connectivity index (χ0v) is 12.4. The zero-order valence-electron chi connectivity index (χ0n) is 12.4. The number of hydrogen-bond acceptors (Lipinski definition) is 2. The number of carbonyl (C=O) groups excluding carboxylic acids is 1. The van der Waals surface area contributed by atoms with Crippen LogP contribution in [0.3, 0.4) is 0 Å². The Morgan fingerprint density at radius 1 is 1.10 bits per heavy atom. The number of likely N-dealkylation sites (tertiary alicyclic amines) is 1. The van der Waals surface area contributed by atoms with Gasteiger partial charge in [-0.1, -0.05) is 25.3 Å². The molecule has 1 fully saturated rings. The van der Waals surface area contributed by atoms with Crippen molar-refractivity contribution in [3.63, 3.8) is 0 Å². The summed E-state index contributed by atoms with van der Waals surface area (Å²) in [6.45, 7) is 3.50. The van der Waals surface area contributed by atoms with E-state index in [-0.39, 0.29) is 17.6 Å². The molecule has 0 aliphatic carbocycles. The van der Waals surface area contributed by atoms with Crippen molar-refractivity contribution in [2.45, 2.75) is 45.1 Å². The molecule has 5 heteroatoms. The lowest BCUT2D eigenvalue weighted by Crippen LogP contribution is -2.43. The van der Waals surface area contributed by atoms with E-state index in [1.165, 1.54) is 25.3 Å². The maximum atomic E-state index is 13.6. The van der Waals surface area contributed by atoms with Crippen LogP contribution in [-0.2, 0) is 4.79 Å². The normalized spacial score (nSPS) is 18.6. The number of halogens is 2. The summed E-state index contributed by atoms with van der Waals surface area (Å²) in [7, 11) is 0. The van der Waals surface area contributed by atoms with E-state index in [2.05, 4.69) is 10.2 Å². The van der Waals surface area contributed by atoms with Gasteiger partial charge < -0.3 is 5.32 Å². The number of hydrogen-bond donors (Lipinski definition) is 1. The maximum absolute atomic E-state index is 13.6. The van der Waals surface area contributed by atoms with Crippen LogP contribution >= 0.6 is 0 Å². The van der Waals surface area contributed by atoms with Crippen LogP contribution in [0.1, 0.15) is 39.0 Å². The van der Waals surface area contributed by atoms with Crippen molar-refractivity contribution in [2.24, 2.45) is 0 Å². The topological polar surface area (TPSA) is 32.3 Å². The van der Waals surface area contributed by atoms with E-state index in [0.717, 1.165) is 38.1 Å². The fourth-order valence-corrected chi connectivity index (χ4v) is 2.67. The van der Waals surface area contributed by atoms with E-state index >= 15 is 0 Å². The Kier molecular flexibility index (Phi) is 5.67. The van der Waals surface area contributed by atoms with Gasteiger partial charge in [-0.05, 0) is 45.0 Å². The van der Waals surface area contributed by atoms with Gasteiger partial charge in [0.05, 0.1) is 6.04 Å². The fourth-order valence-electron chi connectivity index (χ4n) is 2.67. The average Bonchev–Trinajstić information content (AvgIpc) is 2.42. The summed E-state index contributed by atoms with van der Waals surface area (Å²) in [5.74, 6) is -1.86. The van der Waals surface area contributed by atoms with Gasteiger partial charge in [0.2, 0.25) is 5.91 Å². The second kappa shape index (κ2) is 7.50. The molecule has 0 spiro atoms. The predicted molar refractivity (Wildman–Crippen MR) is 79.1 cm³/mol. The lowest BCUT2D eigenvalue weighted by atomic mass is 10.1. The zero-order chi connectivity index (χ0) is 15.2. The molecule has 0 bridgehead atoms. The van der Waals surface area contributed by atoms with Crippen LogP contribution < -0.4 is 5.32 Å². The largest absolute Gasteiger partial charge is 0.320 e. The molecule has 3 nitrogen and oxygen atoms in total. The van der Waals surface area contributed by atoms with Crippen molar-refractivity contribution < 1.29 is 13.6 Å². The molecule has 116 valence electrons. The van der Waals surface area contributed by atoms with Crippen LogP contribution in [0, 0.1) is 11.6 Å². The molecule has 2 rings (SSSR count). The molecule has 0 unspecified atom stereocenters. The maximum Gasteiger partial charge on any atom is 0.241 e.